The number of fused-ring (bicyclic) bond motifs is 1. The Morgan fingerprint density at radius 2 is 1.81 bits per heavy atom. The molecule has 0 unspecified atom stereocenters. The van der Waals surface area contributed by atoms with Crippen LogP contribution in [0.25, 0.3) is 34.0 Å². The number of aromatic amines is 1. The number of nitrogens with zero attached hydrogens (tertiary/aromatic N) is 2. The summed E-state index contributed by atoms with van der Waals surface area (Å²) in [4.78, 5) is 23.1. The molecule has 2 aromatic carbocycles. The zero-order chi connectivity index (χ0) is 21.2. The van der Waals surface area contributed by atoms with E-state index in [9.17, 15) is 4.79 Å². The van der Waals surface area contributed by atoms with E-state index in [-0.39, 0.29) is 5.91 Å². The minimum atomic E-state index is -0.113. The first-order chi connectivity index (χ1) is 15.2. The lowest BCUT2D eigenvalue weighted by atomic mass is 10.1. The maximum Gasteiger partial charge on any atom is 0.257 e. The van der Waals surface area contributed by atoms with Crippen LogP contribution in [0.15, 0.2) is 65.1 Å². The minimum absolute atomic E-state index is 0.113. The Morgan fingerprint density at radius 3 is 2.61 bits per heavy atom. The van der Waals surface area contributed by atoms with Crippen molar-refractivity contribution in [3.63, 3.8) is 0 Å². The molecule has 156 valence electrons. The molecule has 31 heavy (non-hydrogen) atoms. The molecule has 1 N–H and O–H groups in total. The van der Waals surface area contributed by atoms with Crippen molar-refractivity contribution < 1.29 is 13.9 Å². The van der Waals surface area contributed by atoms with Crippen molar-refractivity contribution in [3.05, 3.63) is 77.3 Å². The molecule has 0 bridgehead atoms. The summed E-state index contributed by atoms with van der Waals surface area (Å²) < 4.78 is 11.4. The number of para-hydroxylation sites is 2. The van der Waals surface area contributed by atoms with E-state index in [4.69, 9.17) is 20.8 Å². The predicted octanol–water partition coefficient (Wildman–Crippen LogP) is 4.88. The van der Waals surface area contributed by atoms with Gasteiger partial charge < -0.3 is 19.0 Å². The number of nitrogens with one attached hydrogen (secondary N) is 1. The van der Waals surface area contributed by atoms with Crippen LogP contribution in [-0.4, -0.2) is 47.1 Å². The number of H-pyrrole nitrogens is 1. The highest BCUT2D eigenvalue weighted by Gasteiger charge is 2.24. The van der Waals surface area contributed by atoms with Gasteiger partial charge in [-0.1, -0.05) is 35.9 Å². The molecule has 1 aliphatic rings. The molecule has 0 spiro atoms. The van der Waals surface area contributed by atoms with E-state index in [1.54, 1.807) is 11.0 Å². The van der Waals surface area contributed by atoms with Crippen LogP contribution in [0.1, 0.15) is 11.6 Å². The Balaban J connectivity index is 1.56. The van der Waals surface area contributed by atoms with E-state index in [2.05, 4.69) is 9.97 Å². The van der Waals surface area contributed by atoms with Gasteiger partial charge in [0.05, 0.1) is 34.8 Å². The molecule has 6 nitrogen and oxygen atoms in total. The molecule has 1 fully saturated rings. The number of hydrogen-bond acceptors (Lipinski definition) is 4. The molecule has 1 amide bonds. The number of carbonyl (C=O) groups excluding carboxylic acids is 1. The summed E-state index contributed by atoms with van der Waals surface area (Å²) in [5.74, 6) is 1.58. The van der Waals surface area contributed by atoms with Crippen LogP contribution in [0.2, 0.25) is 5.02 Å². The van der Waals surface area contributed by atoms with Gasteiger partial charge in [-0.3, -0.25) is 4.79 Å². The molecule has 0 radical (unpaired) electrons. The maximum absolute atomic E-state index is 13.4. The number of benzene rings is 2. The highest BCUT2D eigenvalue weighted by molar-refractivity contribution is 6.33. The van der Waals surface area contributed by atoms with E-state index in [0.29, 0.717) is 54.2 Å². The quantitative estimate of drug-likeness (QED) is 0.466. The van der Waals surface area contributed by atoms with Crippen LogP contribution in [0.4, 0.5) is 0 Å². The van der Waals surface area contributed by atoms with Gasteiger partial charge in [-0.25, -0.2) is 4.98 Å². The third kappa shape index (κ3) is 4.00. The van der Waals surface area contributed by atoms with Crippen molar-refractivity contribution in [1.82, 2.24) is 14.9 Å². The second-order valence-corrected chi connectivity index (χ2v) is 7.65. The van der Waals surface area contributed by atoms with Crippen molar-refractivity contribution in [2.45, 2.75) is 0 Å². The number of halogens is 1. The Morgan fingerprint density at radius 1 is 1.03 bits per heavy atom. The molecule has 0 saturated carbocycles. The fraction of sp³-hybridized carbons (Fsp3) is 0.167. The van der Waals surface area contributed by atoms with Crippen molar-refractivity contribution in [3.8, 4) is 11.3 Å². The first-order valence-corrected chi connectivity index (χ1v) is 10.5. The number of rotatable bonds is 4. The average Bonchev–Trinajstić information content (AvgIpc) is 3.45. The number of carbonyl (C=O) groups is 1. The second-order valence-electron chi connectivity index (χ2n) is 7.25. The van der Waals surface area contributed by atoms with Gasteiger partial charge >= 0.3 is 0 Å². The summed E-state index contributed by atoms with van der Waals surface area (Å²) in [7, 11) is 0. The lowest BCUT2D eigenvalue weighted by molar-refractivity contribution is -0.128. The molecule has 2 aromatic heterocycles. The summed E-state index contributed by atoms with van der Waals surface area (Å²) in [5.41, 5.74) is 2.91. The fourth-order valence-corrected chi connectivity index (χ4v) is 3.86. The largest absolute Gasteiger partial charge is 0.457 e. The number of amides is 1. The van der Waals surface area contributed by atoms with E-state index < -0.39 is 0 Å². The van der Waals surface area contributed by atoms with Gasteiger partial charge in [0.2, 0.25) is 0 Å². The number of aromatic nitrogens is 2. The third-order valence-electron chi connectivity index (χ3n) is 5.23. The SMILES string of the molecule is O=C(/C(=C/c1ccc(-c2ccccc2Cl)o1)c1nc2ccccc2[nH]1)N1CCOCC1. The first-order valence-electron chi connectivity index (χ1n) is 10.1. The lowest BCUT2D eigenvalue weighted by Gasteiger charge is -2.27. The molecular formula is C24H20ClN3O3. The van der Waals surface area contributed by atoms with Crippen LogP contribution in [0, 0.1) is 0 Å². The number of morpholine rings is 1. The summed E-state index contributed by atoms with van der Waals surface area (Å²) in [6, 6.07) is 18.9. The zero-order valence-corrected chi connectivity index (χ0v) is 17.4. The molecule has 5 rings (SSSR count). The summed E-state index contributed by atoms with van der Waals surface area (Å²) >= 11 is 6.30. The average molecular weight is 434 g/mol. The molecule has 3 heterocycles. The summed E-state index contributed by atoms with van der Waals surface area (Å²) in [5, 5.41) is 0.606. The van der Waals surface area contributed by atoms with Gasteiger partial charge in [-0.05, 0) is 42.5 Å². The minimum Gasteiger partial charge on any atom is -0.457 e. The number of furan rings is 1. The summed E-state index contributed by atoms with van der Waals surface area (Å²) in [6.07, 6.45) is 1.73. The van der Waals surface area contributed by atoms with Crippen LogP contribution < -0.4 is 0 Å². The highest BCUT2D eigenvalue weighted by Crippen LogP contribution is 2.30. The summed E-state index contributed by atoms with van der Waals surface area (Å²) in [6.45, 7) is 2.13. The van der Waals surface area contributed by atoms with Crippen molar-refractivity contribution >= 4 is 40.2 Å². The van der Waals surface area contributed by atoms with E-state index in [1.165, 1.54) is 0 Å². The lowest BCUT2D eigenvalue weighted by Crippen LogP contribution is -2.41. The van der Waals surface area contributed by atoms with Gasteiger partial charge in [-0.15, -0.1) is 0 Å². The number of hydrogen-bond donors (Lipinski definition) is 1. The molecule has 0 atom stereocenters. The van der Waals surface area contributed by atoms with Crippen molar-refractivity contribution in [1.29, 1.82) is 0 Å². The Hall–Kier alpha value is -3.35. The Bertz CT molecular complexity index is 1230. The molecule has 0 aliphatic carbocycles. The Labute approximate surface area is 184 Å². The van der Waals surface area contributed by atoms with Gasteiger partial charge in [-0.2, -0.15) is 0 Å². The number of ether oxygens (including phenoxy) is 1. The molecular weight excluding hydrogens is 414 g/mol. The van der Waals surface area contributed by atoms with Crippen LogP contribution in [0.5, 0.6) is 0 Å². The zero-order valence-electron chi connectivity index (χ0n) is 16.7. The van der Waals surface area contributed by atoms with Gasteiger partial charge in [0.25, 0.3) is 5.91 Å². The Kier molecular flexibility index (Phi) is 5.32. The standard InChI is InChI=1S/C24H20ClN3O3/c25-19-6-2-1-5-17(19)22-10-9-16(31-22)15-18(24(29)28-11-13-30-14-12-28)23-26-20-7-3-4-8-21(20)27-23/h1-10,15H,11-14H2,(H,26,27)/b18-15+. The van der Waals surface area contributed by atoms with Crippen LogP contribution in [0.3, 0.4) is 0 Å². The monoisotopic (exact) mass is 433 g/mol. The van der Waals surface area contributed by atoms with Gasteiger partial charge in [0.1, 0.15) is 17.3 Å². The van der Waals surface area contributed by atoms with Crippen LogP contribution >= 0.6 is 11.6 Å². The number of imidazole rings is 1. The van der Waals surface area contributed by atoms with E-state index >= 15 is 0 Å². The van der Waals surface area contributed by atoms with Gasteiger partial charge in [0, 0.05) is 18.7 Å². The molecule has 7 heteroatoms. The van der Waals surface area contributed by atoms with Gasteiger partial charge in [0.15, 0.2) is 0 Å². The van der Waals surface area contributed by atoms with E-state index in [1.807, 2.05) is 60.7 Å². The molecule has 1 aliphatic heterocycles. The van der Waals surface area contributed by atoms with Crippen molar-refractivity contribution in [2.75, 3.05) is 26.3 Å². The predicted molar refractivity (Wildman–Crippen MR) is 121 cm³/mol. The maximum atomic E-state index is 13.4. The highest BCUT2D eigenvalue weighted by atomic mass is 35.5. The molecule has 4 aromatic rings. The fourth-order valence-electron chi connectivity index (χ4n) is 3.63. The smallest absolute Gasteiger partial charge is 0.257 e. The third-order valence-corrected chi connectivity index (χ3v) is 5.56. The topological polar surface area (TPSA) is 71.4 Å². The molecule has 1 saturated heterocycles. The van der Waals surface area contributed by atoms with Crippen molar-refractivity contribution in [2.24, 2.45) is 0 Å². The second kappa shape index (κ2) is 8.41. The first kappa shape index (κ1) is 19.6. The van der Waals surface area contributed by atoms with E-state index in [0.717, 1.165) is 16.6 Å². The normalized spacial score (nSPS) is 14.9. The van der Waals surface area contributed by atoms with Crippen LogP contribution in [-0.2, 0) is 9.53 Å².